The second-order valence-electron chi connectivity index (χ2n) is 7.63. The van der Waals surface area contributed by atoms with Crippen molar-refractivity contribution in [2.75, 3.05) is 47.9 Å². The molecule has 0 saturated heterocycles. The number of amides is 1. The third kappa shape index (κ3) is 7.80. The van der Waals surface area contributed by atoms with Crippen molar-refractivity contribution in [1.29, 1.82) is 0 Å². The van der Waals surface area contributed by atoms with Crippen LogP contribution in [-0.4, -0.2) is 64.7 Å². The molecular formula is C25H36N4O3. The fourth-order valence-electron chi connectivity index (χ4n) is 3.30. The predicted molar refractivity (Wildman–Crippen MR) is 130 cm³/mol. The van der Waals surface area contributed by atoms with Gasteiger partial charge < -0.3 is 25.0 Å². The van der Waals surface area contributed by atoms with Gasteiger partial charge in [-0.1, -0.05) is 18.2 Å². The number of carbonyl (C=O) groups is 1. The van der Waals surface area contributed by atoms with Crippen LogP contribution in [-0.2, 0) is 12.8 Å². The van der Waals surface area contributed by atoms with Crippen LogP contribution < -0.4 is 20.1 Å². The van der Waals surface area contributed by atoms with Crippen molar-refractivity contribution in [3.8, 4) is 11.5 Å². The molecule has 2 aromatic rings. The maximum absolute atomic E-state index is 12.1. The molecule has 0 atom stereocenters. The summed E-state index contributed by atoms with van der Waals surface area (Å²) in [6, 6.07) is 13.8. The Morgan fingerprint density at radius 3 is 2.41 bits per heavy atom. The lowest BCUT2D eigenvalue weighted by Crippen LogP contribution is -2.38. The Hall–Kier alpha value is -3.22. The molecular weight excluding hydrogens is 404 g/mol. The second kappa shape index (κ2) is 13.2. The highest BCUT2D eigenvalue weighted by molar-refractivity contribution is 5.94. The van der Waals surface area contributed by atoms with E-state index < -0.39 is 0 Å². The molecule has 2 aromatic carbocycles. The van der Waals surface area contributed by atoms with Crippen LogP contribution in [0.2, 0.25) is 0 Å². The van der Waals surface area contributed by atoms with E-state index in [4.69, 9.17) is 9.47 Å². The number of hydrogen-bond acceptors (Lipinski definition) is 4. The van der Waals surface area contributed by atoms with E-state index in [1.54, 1.807) is 33.2 Å². The molecule has 0 aliphatic rings. The number of hydrogen-bond donors (Lipinski definition) is 2. The molecule has 0 bridgehead atoms. The van der Waals surface area contributed by atoms with Gasteiger partial charge in [-0.05, 0) is 61.6 Å². The maximum Gasteiger partial charge on any atom is 0.253 e. The molecule has 0 unspecified atom stereocenters. The molecule has 7 nitrogen and oxygen atoms in total. The third-order valence-corrected chi connectivity index (χ3v) is 4.97. The van der Waals surface area contributed by atoms with Gasteiger partial charge in [-0.25, -0.2) is 0 Å². The molecule has 0 aliphatic carbocycles. The molecule has 1 amide bonds. The monoisotopic (exact) mass is 440 g/mol. The second-order valence-corrected chi connectivity index (χ2v) is 7.63. The highest BCUT2D eigenvalue weighted by atomic mass is 16.5. The minimum Gasteiger partial charge on any atom is -0.493 e. The third-order valence-electron chi connectivity index (χ3n) is 4.97. The number of ether oxygens (including phenoxy) is 2. The lowest BCUT2D eigenvalue weighted by Gasteiger charge is -2.13. The highest BCUT2D eigenvalue weighted by Crippen LogP contribution is 2.27. The quantitative estimate of drug-likeness (QED) is 0.319. The summed E-state index contributed by atoms with van der Waals surface area (Å²) in [5.74, 6) is 2.31. The fourth-order valence-corrected chi connectivity index (χ4v) is 3.30. The SMILES string of the molecule is CCNC(=NCCCc1ccc(OC)c(OC)c1)NCCc1cccc(C(=O)N(C)C)c1. The number of guanidine groups is 1. The first-order valence-corrected chi connectivity index (χ1v) is 11.0. The van der Waals surface area contributed by atoms with Crippen LogP contribution >= 0.6 is 0 Å². The van der Waals surface area contributed by atoms with E-state index in [1.165, 1.54) is 5.56 Å². The summed E-state index contributed by atoms with van der Waals surface area (Å²) in [6.07, 6.45) is 2.65. The summed E-state index contributed by atoms with van der Waals surface area (Å²) < 4.78 is 10.7. The van der Waals surface area contributed by atoms with Gasteiger partial charge in [-0.3, -0.25) is 9.79 Å². The molecule has 0 radical (unpaired) electrons. The molecule has 2 rings (SSSR count). The van der Waals surface area contributed by atoms with Crippen LogP contribution in [0.1, 0.15) is 34.8 Å². The zero-order valence-corrected chi connectivity index (χ0v) is 19.9. The number of benzene rings is 2. The lowest BCUT2D eigenvalue weighted by molar-refractivity contribution is 0.0827. The first-order valence-electron chi connectivity index (χ1n) is 11.0. The van der Waals surface area contributed by atoms with Crippen LogP contribution in [0.25, 0.3) is 0 Å². The number of methoxy groups -OCH3 is 2. The Bertz CT molecular complexity index is 897. The Morgan fingerprint density at radius 2 is 1.72 bits per heavy atom. The first kappa shape index (κ1) is 25.0. The van der Waals surface area contributed by atoms with Crippen molar-refractivity contribution in [2.24, 2.45) is 4.99 Å². The molecule has 174 valence electrons. The van der Waals surface area contributed by atoms with Crippen molar-refractivity contribution in [2.45, 2.75) is 26.2 Å². The van der Waals surface area contributed by atoms with Gasteiger partial charge in [0.25, 0.3) is 5.91 Å². The number of nitrogens with one attached hydrogen (secondary N) is 2. The smallest absolute Gasteiger partial charge is 0.253 e. The summed E-state index contributed by atoms with van der Waals surface area (Å²) >= 11 is 0. The van der Waals surface area contributed by atoms with Gasteiger partial charge in [-0.2, -0.15) is 0 Å². The van der Waals surface area contributed by atoms with Crippen molar-refractivity contribution < 1.29 is 14.3 Å². The van der Waals surface area contributed by atoms with Gasteiger partial charge in [0, 0.05) is 39.3 Å². The summed E-state index contributed by atoms with van der Waals surface area (Å²) in [5.41, 5.74) is 3.03. The average molecular weight is 441 g/mol. The van der Waals surface area contributed by atoms with Gasteiger partial charge >= 0.3 is 0 Å². The van der Waals surface area contributed by atoms with Crippen molar-refractivity contribution >= 4 is 11.9 Å². The van der Waals surface area contributed by atoms with Crippen molar-refractivity contribution in [1.82, 2.24) is 15.5 Å². The normalized spacial score (nSPS) is 11.1. The molecule has 0 aromatic heterocycles. The first-order chi connectivity index (χ1) is 15.5. The van der Waals surface area contributed by atoms with Gasteiger partial charge in [0.05, 0.1) is 14.2 Å². The van der Waals surface area contributed by atoms with Crippen molar-refractivity contribution in [3.63, 3.8) is 0 Å². The summed E-state index contributed by atoms with van der Waals surface area (Å²) in [7, 11) is 6.82. The van der Waals surface area contributed by atoms with Gasteiger partial charge in [0.1, 0.15) is 0 Å². The van der Waals surface area contributed by atoms with Crippen LogP contribution in [0.15, 0.2) is 47.5 Å². The number of rotatable bonds is 11. The maximum atomic E-state index is 12.1. The van der Waals surface area contributed by atoms with Gasteiger partial charge in [0.2, 0.25) is 0 Å². The van der Waals surface area contributed by atoms with Crippen LogP contribution in [0.5, 0.6) is 11.5 Å². The summed E-state index contributed by atoms with van der Waals surface area (Å²) in [6.45, 7) is 4.31. The Morgan fingerprint density at radius 1 is 0.969 bits per heavy atom. The van der Waals surface area contributed by atoms with Crippen LogP contribution in [0, 0.1) is 0 Å². The molecule has 0 heterocycles. The van der Waals surface area contributed by atoms with Crippen LogP contribution in [0.4, 0.5) is 0 Å². The van der Waals surface area contributed by atoms with E-state index in [0.717, 1.165) is 61.9 Å². The number of nitrogens with zero attached hydrogens (tertiary/aromatic N) is 2. The lowest BCUT2D eigenvalue weighted by atomic mass is 10.1. The largest absolute Gasteiger partial charge is 0.493 e. The Labute approximate surface area is 191 Å². The summed E-state index contributed by atoms with van der Waals surface area (Å²) in [4.78, 5) is 18.4. The highest BCUT2D eigenvalue weighted by Gasteiger charge is 2.08. The molecule has 2 N–H and O–H groups in total. The molecule has 0 aliphatic heterocycles. The zero-order valence-electron chi connectivity index (χ0n) is 19.9. The minimum atomic E-state index is 0.0178. The molecule has 0 fully saturated rings. The number of carbonyl (C=O) groups excluding carboxylic acids is 1. The van der Waals surface area contributed by atoms with Gasteiger partial charge in [0.15, 0.2) is 17.5 Å². The molecule has 32 heavy (non-hydrogen) atoms. The van der Waals surface area contributed by atoms with E-state index in [9.17, 15) is 4.79 Å². The van der Waals surface area contributed by atoms with E-state index in [-0.39, 0.29) is 5.91 Å². The summed E-state index contributed by atoms with van der Waals surface area (Å²) in [5, 5.41) is 6.67. The standard InChI is InChI=1S/C25H36N4O3/c1-6-26-25(27-15-8-10-19-12-13-22(31-4)23(18-19)32-5)28-16-14-20-9-7-11-21(17-20)24(30)29(2)3/h7,9,11-13,17-18H,6,8,10,14-16H2,1-5H3,(H2,26,27,28). The molecule has 0 spiro atoms. The van der Waals surface area contributed by atoms with Gasteiger partial charge in [-0.15, -0.1) is 0 Å². The number of aryl methyl sites for hydroxylation is 1. The Kier molecular flexibility index (Phi) is 10.4. The zero-order chi connectivity index (χ0) is 23.3. The van der Waals surface area contributed by atoms with E-state index in [0.29, 0.717) is 5.56 Å². The van der Waals surface area contributed by atoms with Crippen molar-refractivity contribution in [3.05, 3.63) is 59.2 Å². The van der Waals surface area contributed by atoms with E-state index >= 15 is 0 Å². The average Bonchev–Trinajstić information content (AvgIpc) is 2.81. The predicted octanol–water partition coefficient (Wildman–Crippen LogP) is 3.14. The fraction of sp³-hybridized carbons (Fsp3) is 0.440. The Balaban J connectivity index is 1.84. The molecule has 0 saturated carbocycles. The number of aliphatic imine (C=N–C) groups is 1. The van der Waals surface area contributed by atoms with E-state index in [1.807, 2.05) is 36.4 Å². The topological polar surface area (TPSA) is 75.2 Å². The van der Waals surface area contributed by atoms with Crippen LogP contribution in [0.3, 0.4) is 0 Å². The van der Waals surface area contributed by atoms with E-state index in [2.05, 4.69) is 28.6 Å². The molecule has 7 heteroatoms. The minimum absolute atomic E-state index is 0.0178.